The average molecular weight is 446 g/mol. The van der Waals surface area contributed by atoms with Gasteiger partial charge in [0, 0.05) is 16.0 Å². The second kappa shape index (κ2) is 10.3. The van der Waals surface area contributed by atoms with Crippen molar-refractivity contribution in [2.24, 2.45) is 0 Å². The van der Waals surface area contributed by atoms with Crippen molar-refractivity contribution in [3.63, 3.8) is 0 Å². The molecule has 0 amide bonds. The number of aliphatic hydroxyl groups excluding tert-OH is 1. The largest absolute Gasteiger partial charge is 2.00 e. The molecule has 112 valence electrons. The molecule has 2 rings (SSSR count). The molecule has 2 aromatic rings. The van der Waals surface area contributed by atoms with Crippen molar-refractivity contribution in [2.45, 2.75) is 6.10 Å². The van der Waals surface area contributed by atoms with Crippen LogP contribution in [-0.2, 0) is 10.4 Å². The van der Waals surface area contributed by atoms with E-state index < -0.39 is 16.5 Å². The van der Waals surface area contributed by atoms with E-state index in [9.17, 15) is 9.90 Å². The first kappa shape index (κ1) is 21.5. The second-order valence-electron chi connectivity index (χ2n) is 3.95. The Hall–Kier alpha value is -0.489. The summed E-state index contributed by atoms with van der Waals surface area (Å²) in [4.78, 5) is 11.9. The number of ketones is 1. The Morgan fingerprint density at radius 3 is 1.68 bits per heavy atom. The van der Waals surface area contributed by atoms with E-state index in [1.165, 1.54) is 0 Å². The summed E-state index contributed by atoms with van der Waals surface area (Å²) in [6, 6.07) is 17.7. The molecule has 1 unspecified atom stereocenters. The van der Waals surface area contributed by atoms with E-state index in [2.05, 4.69) is 0 Å². The summed E-state index contributed by atoms with van der Waals surface area (Å²) in [5, 5.41) is 9.89. The van der Waals surface area contributed by atoms with E-state index in [0.29, 0.717) is 11.1 Å². The van der Waals surface area contributed by atoms with Crippen LogP contribution in [0.5, 0.6) is 0 Å². The molecule has 0 spiro atoms. The maximum absolute atomic E-state index is 11.9. The fourth-order valence-electron chi connectivity index (χ4n) is 1.55. The standard InChI is InChI=1S/C14H12O2.Ba.H2O4S/c15-13(11-7-3-1-4-8-11)14(16)12-9-5-2-6-10-12;;1-5(2,3)4/h1-10,13,15H;;(H2,1,2,3,4)/q;+2;/p-2. The van der Waals surface area contributed by atoms with Crippen LogP contribution in [0.15, 0.2) is 60.7 Å². The van der Waals surface area contributed by atoms with Gasteiger partial charge < -0.3 is 14.2 Å². The van der Waals surface area contributed by atoms with Crippen molar-refractivity contribution in [3.05, 3.63) is 71.8 Å². The quantitative estimate of drug-likeness (QED) is 0.324. The van der Waals surface area contributed by atoms with Gasteiger partial charge in [0.2, 0.25) is 0 Å². The van der Waals surface area contributed by atoms with Crippen molar-refractivity contribution < 1.29 is 27.4 Å². The molecule has 0 saturated heterocycles. The number of hydrogen-bond acceptors (Lipinski definition) is 6. The number of carbonyl (C=O) groups is 1. The fourth-order valence-corrected chi connectivity index (χ4v) is 1.55. The molecule has 8 heteroatoms. The molecule has 0 aliphatic heterocycles. The van der Waals surface area contributed by atoms with E-state index in [1.807, 2.05) is 12.1 Å². The van der Waals surface area contributed by atoms with E-state index in [1.54, 1.807) is 48.5 Å². The van der Waals surface area contributed by atoms with Crippen molar-refractivity contribution in [2.75, 3.05) is 0 Å². The van der Waals surface area contributed by atoms with Crippen LogP contribution in [0, 0.1) is 0 Å². The maximum atomic E-state index is 11.9. The molecule has 0 fully saturated rings. The van der Waals surface area contributed by atoms with Gasteiger partial charge in [0.1, 0.15) is 6.10 Å². The van der Waals surface area contributed by atoms with Gasteiger partial charge in [-0.2, -0.15) is 0 Å². The smallest absolute Gasteiger partial charge is 0.759 e. The Bertz CT molecular complexity index is 665. The molecule has 6 nitrogen and oxygen atoms in total. The van der Waals surface area contributed by atoms with Gasteiger partial charge in [-0.05, 0) is 5.56 Å². The minimum Gasteiger partial charge on any atom is -0.759 e. The van der Waals surface area contributed by atoms with Crippen LogP contribution in [0.3, 0.4) is 0 Å². The van der Waals surface area contributed by atoms with Crippen LogP contribution in [-0.4, -0.2) is 77.3 Å². The molecule has 0 bridgehead atoms. The number of carbonyl (C=O) groups excluding carboxylic acids is 1. The van der Waals surface area contributed by atoms with Gasteiger partial charge in [0.05, 0.1) is 0 Å². The van der Waals surface area contributed by atoms with Crippen molar-refractivity contribution in [1.82, 2.24) is 0 Å². The Morgan fingerprint density at radius 1 is 0.909 bits per heavy atom. The third kappa shape index (κ3) is 8.83. The molecule has 0 aliphatic rings. The Kier molecular flexibility index (Phi) is 10.1. The molecular formula is C14H12BaO6S. The third-order valence-corrected chi connectivity index (χ3v) is 2.42. The Morgan fingerprint density at radius 2 is 1.27 bits per heavy atom. The summed E-state index contributed by atoms with van der Waals surface area (Å²) < 4.78 is 34.1. The number of benzene rings is 2. The zero-order valence-corrected chi connectivity index (χ0v) is 16.7. The first-order chi connectivity index (χ1) is 9.79. The van der Waals surface area contributed by atoms with Gasteiger partial charge in [-0.25, -0.2) is 0 Å². The van der Waals surface area contributed by atoms with Crippen molar-refractivity contribution in [3.8, 4) is 0 Å². The van der Waals surface area contributed by atoms with Crippen LogP contribution in [0.1, 0.15) is 22.0 Å². The van der Waals surface area contributed by atoms with Crippen LogP contribution < -0.4 is 0 Å². The van der Waals surface area contributed by atoms with Crippen LogP contribution in [0.2, 0.25) is 0 Å². The number of rotatable bonds is 3. The topological polar surface area (TPSA) is 118 Å². The second-order valence-corrected chi connectivity index (χ2v) is 4.77. The van der Waals surface area contributed by atoms with E-state index in [4.69, 9.17) is 17.5 Å². The first-order valence-corrected chi connectivity index (χ1v) is 7.11. The molecule has 1 N–H and O–H groups in total. The minimum atomic E-state index is -5.17. The summed E-state index contributed by atoms with van der Waals surface area (Å²) >= 11 is 0. The number of aliphatic hydroxyl groups is 1. The zero-order chi connectivity index (χ0) is 15.9. The minimum absolute atomic E-state index is 0. The molecule has 0 heterocycles. The predicted octanol–water partition coefficient (Wildman–Crippen LogP) is 0.884. The van der Waals surface area contributed by atoms with Gasteiger partial charge in [0.25, 0.3) is 0 Å². The van der Waals surface area contributed by atoms with Crippen LogP contribution in [0.4, 0.5) is 0 Å². The van der Waals surface area contributed by atoms with Crippen LogP contribution in [0.25, 0.3) is 0 Å². The summed E-state index contributed by atoms with van der Waals surface area (Å²) in [7, 11) is -5.17. The third-order valence-electron chi connectivity index (χ3n) is 2.42. The van der Waals surface area contributed by atoms with Gasteiger partial charge in [-0.1, -0.05) is 60.7 Å². The first-order valence-electron chi connectivity index (χ1n) is 5.78. The molecule has 22 heavy (non-hydrogen) atoms. The monoisotopic (exact) mass is 446 g/mol. The summed E-state index contributed by atoms with van der Waals surface area (Å²) in [6.07, 6.45) is -1.08. The van der Waals surface area contributed by atoms with Gasteiger partial charge in [-0.3, -0.25) is 13.2 Å². The molecule has 2 aromatic carbocycles. The number of hydrogen-bond donors (Lipinski definition) is 1. The molecule has 0 radical (unpaired) electrons. The maximum Gasteiger partial charge on any atom is 2.00 e. The Labute approximate surface area is 168 Å². The van der Waals surface area contributed by atoms with E-state index >= 15 is 0 Å². The molecule has 0 saturated carbocycles. The van der Waals surface area contributed by atoms with Crippen LogP contribution >= 0.6 is 0 Å². The zero-order valence-electron chi connectivity index (χ0n) is 11.5. The molecule has 0 aliphatic carbocycles. The average Bonchev–Trinajstić information content (AvgIpc) is 2.46. The Balaban J connectivity index is 0.000000644. The number of Topliss-reactive ketones (excluding diaryl/α,β-unsaturated/α-hetero) is 1. The van der Waals surface area contributed by atoms with E-state index in [0.717, 1.165) is 0 Å². The predicted molar refractivity (Wildman–Crippen MR) is 78.4 cm³/mol. The normalized spacial score (nSPS) is 11.4. The van der Waals surface area contributed by atoms with Crippen molar-refractivity contribution >= 4 is 65.1 Å². The molecular weight excluding hydrogens is 434 g/mol. The van der Waals surface area contributed by atoms with E-state index in [-0.39, 0.29) is 54.7 Å². The molecule has 1 atom stereocenters. The van der Waals surface area contributed by atoms with Crippen molar-refractivity contribution in [1.29, 1.82) is 0 Å². The van der Waals surface area contributed by atoms with Gasteiger partial charge in [-0.15, -0.1) is 0 Å². The SMILES string of the molecule is O=C(c1ccccc1)C(O)c1ccccc1.O=S(=O)([O-])[O-].[Ba+2]. The summed E-state index contributed by atoms with van der Waals surface area (Å²) in [6.45, 7) is 0. The molecule has 0 aromatic heterocycles. The van der Waals surface area contributed by atoms with Gasteiger partial charge in [0.15, 0.2) is 5.78 Å². The fraction of sp³-hybridized carbons (Fsp3) is 0.0714. The summed E-state index contributed by atoms with van der Waals surface area (Å²) in [5.41, 5.74) is 1.15. The van der Waals surface area contributed by atoms with Gasteiger partial charge >= 0.3 is 48.9 Å². The summed E-state index contributed by atoms with van der Waals surface area (Å²) in [5.74, 6) is -0.271.